The van der Waals surface area contributed by atoms with Crippen molar-refractivity contribution in [2.24, 2.45) is 0 Å². The second-order valence-corrected chi connectivity index (χ2v) is 6.81. The predicted molar refractivity (Wildman–Crippen MR) is 68.2 cm³/mol. The van der Waals surface area contributed by atoms with Gasteiger partial charge in [0.2, 0.25) is 10.0 Å². The molecule has 0 spiro atoms. The minimum Gasteiger partial charge on any atom is -0.314 e. The lowest BCUT2D eigenvalue weighted by molar-refractivity contribution is 0.284. The van der Waals surface area contributed by atoms with Crippen LogP contribution in [-0.4, -0.2) is 43.4 Å². The maximum absolute atomic E-state index is 12.4. The highest BCUT2D eigenvalue weighted by Crippen LogP contribution is 2.21. The Kier molecular flexibility index (Phi) is 3.82. The number of hydrogen-bond acceptors (Lipinski definition) is 4. The maximum Gasteiger partial charge on any atom is 0.244 e. The van der Waals surface area contributed by atoms with Gasteiger partial charge in [0.05, 0.1) is 0 Å². The number of nitrogens with zero attached hydrogens (tertiary/aromatic N) is 2. The number of rotatable bonds is 2. The van der Waals surface area contributed by atoms with Gasteiger partial charge in [-0.1, -0.05) is 0 Å². The van der Waals surface area contributed by atoms with E-state index in [0.717, 1.165) is 0 Å². The predicted octanol–water partition coefficient (Wildman–Crippen LogP) is 0.827. The van der Waals surface area contributed by atoms with Gasteiger partial charge >= 0.3 is 0 Å². The topological polar surface area (TPSA) is 62.3 Å². The van der Waals surface area contributed by atoms with Crippen LogP contribution >= 0.6 is 15.9 Å². The van der Waals surface area contributed by atoms with E-state index in [2.05, 4.69) is 26.2 Å². The van der Waals surface area contributed by atoms with Crippen LogP contribution in [0.3, 0.4) is 0 Å². The zero-order valence-corrected chi connectivity index (χ0v) is 11.8. The molecule has 1 unspecified atom stereocenters. The van der Waals surface area contributed by atoms with E-state index in [1.54, 1.807) is 12.3 Å². The van der Waals surface area contributed by atoms with Crippen LogP contribution in [0.2, 0.25) is 0 Å². The molecule has 5 nitrogen and oxygen atoms in total. The first-order chi connectivity index (χ1) is 8.01. The lowest BCUT2D eigenvalue weighted by atomic mass is 10.3. The third-order valence-corrected chi connectivity index (χ3v) is 5.14. The molecule has 7 heteroatoms. The molecule has 1 N–H and O–H groups in total. The summed E-state index contributed by atoms with van der Waals surface area (Å²) >= 11 is 3.24. The van der Waals surface area contributed by atoms with Gasteiger partial charge in [0.25, 0.3) is 0 Å². The molecule has 2 rings (SSSR count). The van der Waals surface area contributed by atoms with Gasteiger partial charge in [-0.05, 0) is 28.9 Å². The van der Waals surface area contributed by atoms with E-state index in [1.165, 1.54) is 10.5 Å². The lowest BCUT2D eigenvalue weighted by Crippen LogP contribution is -2.52. The van der Waals surface area contributed by atoms with Crippen molar-refractivity contribution in [1.82, 2.24) is 14.6 Å². The van der Waals surface area contributed by atoms with E-state index in [4.69, 9.17) is 0 Å². The summed E-state index contributed by atoms with van der Waals surface area (Å²) < 4.78 is 27.0. The van der Waals surface area contributed by atoms with Crippen molar-refractivity contribution in [2.45, 2.75) is 17.9 Å². The van der Waals surface area contributed by atoms with E-state index in [0.29, 0.717) is 24.1 Å². The summed E-state index contributed by atoms with van der Waals surface area (Å²) in [6, 6.07) is 1.55. The Morgan fingerprint density at radius 2 is 2.29 bits per heavy atom. The molecule has 1 aromatic rings. The molecular weight excluding hydrogens is 306 g/mol. The van der Waals surface area contributed by atoms with Crippen LogP contribution in [0, 0.1) is 0 Å². The number of pyridine rings is 1. The molecule has 1 aliphatic rings. The third kappa shape index (κ3) is 2.67. The Morgan fingerprint density at radius 3 is 2.94 bits per heavy atom. The number of hydrogen-bond donors (Lipinski definition) is 1. The molecule has 1 aromatic heterocycles. The van der Waals surface area contributed by atoms with Gasteiger partial charge in [0, 0.05) is 42.5 Å². The first-order valence-electron chi connectivity index (χ1n) is 5.35. The largest absolute Gasteiger partial charge is 0.314 e. The molecule has 1 fully saturated rings. The summed E-state index contributed by atoms with van der Waals surface area (Å²) in [5.41, 5.74) is 0. The van der Waals surface area contributed by atoms with Gasteiger partial charge in [-0.15, -0.1) is 0 Å². The molecule has 1 aliphatic heterocycles. The fourth-order valence-corrected chi connectivity index (χ4v) is 3.99. The first kappa shape index (κ1) is 12.9. The highest BCUT2D eigenvalue weighted by atomic mass is 79.9. The molecule has 2 heterocycles. The average Bonchev–Trinajstić information content (AvgIpc) is 2.29. The summed E-state index contributed by atoms with van der Waals surface area (Å²) in [5, 5.41) is 3.17. The highest BCUT2D eigenvalue weighted by molar-refractivity contribution is 9.10. The lowest BCUT2D eigenvalue weighted by Gasteiger charge is -2.32. The molecule has 0 aromatic carbocycles. The number of nitrogens with one attached hydrogen (secondary N) is 1. The minimum atomic E-state index is -3.43. The summed E-state index contributed by atoms with van der Waals surface area (Å²) in [5.74, 6) is 0. The van der Waals surface area contributed by atoms with Crippen molar-refractivity contribution < 1.29 is 8.42 Å². The van der Waals surface area contributed by atoms with E-state index in [-0.39, 0.29) is 10.9 Å². The smallest absolute Gasteiger partial charge is 0.244 e. The number of halogens is 1. The van der Waals surface area contributed by atoms with Crippen LogP contribution in [0.15, 0.2) is 27.8 Å². The van der Waals surface area contributed by atoms with Crippen LogP contribution in [0.25, 0.3) is 0 Å². The first-order valence-corrected chi connectivity index (χ1v) is 7.58. The number of sulfonamides is 1. The van der Waals surface area contributed by atoms with Gasteiger partial charge in [0.1, 0.15) is 4.90 Å². The van der Waals surface area contributed by atoms with Crippen LogP contribution in [0.1, 0.15) is 6.92 Å². The van der Waals surface area contributed by atoms with Gasteiger partial charge in [0.15, 0.2) is 0 Å². The van der Waals surface area contributed by atoms with Crippen molar-refractivity contribution in [1.29, 1.82) is 0 Å². The molecule has 1 saturated heterocycles. The standard InChI is InChI=1S/C10H14BrN3O2S/c1-8-5-12-2-3-14(8)17(15,16)10-4-9(11)6-13-7-10/h4,6-8,12H,2-3,5H2,1H3. The monoisotopic (exact) mass is 319 g/mol. The SMILES string of the molecule is CC1CNCCN1S(=O)(=O)c1cncc(Br)c1. The van der Waals surface area contributed by atoms with Crippen LogP contribution in [0.5, 0.6) is 0 Å². The van der Waals surface area contributed by atoms with Gasteiger partial charge in [-0.25, -0.2) is 8.42 Å². The van der Waals surface area contributed by atoms with E-state index < -0.39 is 10.0 Å². The van der Waals surface area contributed by atoms with E-state index in [9.17, 15) is 8.42 Å². The second-order valence-electron chi connectivity index (χ2n) is 4.01. The quantitative estimate of drug-likeness (QED) is 0.877. The molecule has 0 radical (unpaired) electrons. The minimum absolute atomic E-state index is 0.0345. The highest BCUT2D eigenvalue weighted by Gasteiger charge is 2.31. The van der Waals surface area contributed by atoms with Gasteiger partial charge in [-0.2, -0.15) is 4.31 Å². The average molecular weight is 320 g/mol. The zero-order chi connectivity index (χ0) is 12.5. The maximum atomic E-state index is 12.4. The number of piperazine rings is 1. The summed E-state index contributed by atoms with van der Waals surface area (Å²) in [4.78, 5) is 4.14. The molecular formula is C10H14BrN3O2S. The fourth-order valence-electron chi connectivity index (χ4n) is 1.85. The fraction of sp³-hybridized carbons (Fsp3) is 0.500. The van der Waals surface area contributed by atoms with Crippen molar-refractivity contribution in [3.8, 4) is 0 Å². The molecule has 1 atom stereocenters. The van der Waals surface area contributed by atoms with Crippen molar-refractivity contribution in [3.05, 3.63) is 22.9 Å². The molecule has 0 saturated carbocycles. The van der Waals surface area contributed by atoms with Gasteiger partial charge < -0.3 is 5.32 Å². The Bertz CT molecular complexity index is 506. The van der Waals surface area contributed by atoms with E-state index in [1.807, 2.05) is 6.92 Å². The molecule has 0 aliphatic carbocycles. The zero-order valence-electron chi connectivity index (χ0n) is 9.43. The molecule has 0 amide bonds. The van der Waals surface area contributed by atoms with E-state index >= 15 is 0 Å². The Labute approximate surface area is 109 Å². The van der Waals surface area contributed by atoms with Crippen molar-refractivity contribution >= 4 is 26.0 Å². The van der Waals surface area contributed by atoms with Crippen LogP contribution < -0.4 is 5.32 Å². The van der Waals surface area contributed by atoms with Crippen LogP contribution in [-0.2, 0) is 10.0 Å². The third-order valence-electron chi connectivity index (χ3n) is 2.73. The Hall–Kier alpha value is -0.500. The van der Waals surface area contributed by atoms with Crippen molar-refractivity contribution in [3.63, 3.8) is 0 Å². The van der Waals surface area contributed by atoms with Crippen LogP contribution in [0.4, 0.5) is 0 Å². The van der Waals surface area contributed by atoms with Crippen molar-refractivity contribution in [2.75, 3.05) is 19.6 Å². The molecule has 17 heavy (non-hydrogen) atoms. The molecule has 94 valence electrons. The number of aromatic nitrogens is 1. The second kappa shape index (κ2) is 5.01. The molecule has 0 bridgehead atoms. The normalized spacial score (nSPS) is 22.6. The summed E-state index contributed by atoms with van der Waals surface area (Å²) in [6.07, 6.45) is 2.95. The van der Waals surface area contributed by atoms with Gasteiger partial charge in [-0.3, -0.25) is 4.98 Å². The summed E-state index contributed by atoms with van der Waals surface area (Å²) in [7, 11) is -3.43. The Balaban J connectivity index is 2.35. The summed E-state index contributed by atoms with van der Waals surface area (Å²) in [6.45, 7) is 3.76. The Morgan fingerprint density at radius 1 is 1.53 bits per heavy atom.